The summed E-state index contributed by atoms with van der Waals surface area (Å²) in [7, 11) is 1.47. The highest BCUT2D eigenvalue weighted by Crippen LogP contribution is 2.42. The lowest BCUT2D eigenvalue weighted by Crippen LogP contribution is -2.62. The van der Waals surface area contributed by atoms with Crippen LogP contribution in [-0.2, 0) is 17.6 Å². The quantitative estimate of drug-likeness (QED) is 0.491. The Balaban J connectivity index is 1.50. The average molecular weight is 459 g/mol. The number of hydrogen-bond donors (Lipinski definition) is 1. The molecule has 4 aromatic rings. The van der Waals surface area contributed by atoms with Crippen molar-refractivity contribution >= 4 is 33.5 Å². The lowest BCUT2D eigenvalue weighted by Gasteiger charge is -2.46. The summed E-state index contributed by atoms with van der Waals surface area (Å²) in [6.07, 6.45) is 1.42. The van der Waals surface area contributed by atoms with Gasteiger partial charge in [-0.3, -0.25) is 4.79 Å². The maximum atomic E-state index is 14.4. The molecule has 4 heterocycles. The van der Waals surface area contributed by atoms with Crippen molar-refractivity contribution in [1.82, 2.24) is 14.9 Å². The van der Waals surface area contributed by atoms with E-state index in [-0.39, 0.29) is 23.5 Å². The number of ether oxygens (including phenoxy) is 1. The number of aromatic amines is 1. The maximum absolute atomic E-state index is 14.4. The average Bonchev–Trinajstić information content (AvgIpc) is 3.31. The van der Waals surface area contributed by atoms with Crippen molar-refractivity contribution in [2.45, 2.75) is 38.8 Å². The number of hydrogen-bond acceptors (Lipinski definition) is 4. The van der Waals surface area contributed by atoms with Gasteiger partial charge in [0.15, 0.2) is 11.6 Å². The summed E-state index contributed by atoms with van der Waals surface area (Å²) in [4.78, 5) is 24.8. The summed E-state index contributed by atoms with van der Waals surface area (Å²) >= 11 is 0. The molecule has 174 valence electrons. The predicted octanol–water partition coefficient (Wildman–Crippen LogP) is 4.44. The number of fused-ring (bicyclic) bond motifs is 5. The van der Waals surface area contributed by atoms with Gasteiger partial charge in [-0.2, -0.15) is 0 Å². The number of likely N-dealkylation sites (tertiary alicyclic amines) is 1. The van der Waals surface area contributed by atoms with Crippen LogP contribution in [0.25, 0.3) is 21.8 Å². The molecule has 0 spiro atoms. The number of nitrogens with zero attached hydrogens (tertiary/aromatic N) is 3. The van der Waals surface area contributed by atoms with E-state index >= 15 is 0 Å². The summed E-state index contributed by atoms with van der Waals surface area (Å²) in [6.45, 7) is 5.31. The molecule has 1 N–H and O–H groups in total. The molecule has 2 aromatic heterocycles. The second-order valence-corrected chi connectivity index (χ2v) is 9.47. The first-order valence-corrected chi connectivity index (χ1v) is 11.7. The van der Waals surface area contributed by atoms with Crippen molar-refractivity contribution in [3.63, 3.8) is 0 Å². The summed E-state index contributed by atoms with van der Waals surface area (Å²) < 4.78 is 19.5. The van der Waals surface area contributed by atoms with Gasteiger partial charge in [0.2, 0.25) is 5.91 Å². The number of anilines is 1. The largest absolute Gasteiger partial charge is 0.494 e. The molecule has 1 atom stereocenters. The van der Waals surface area contributed by atoms with Crippen LogP contribution in [0.3, 0.4) is 0 Å². The van der Waals surface area contributed by atoms with E-state index in [4.69, 9.17) is 9.72 Å². The second-order valence-electron chi connectivity index (χ2n) is 9.47. The number of para-hydroxylation sites is 1. The number of nitrogens with one attached hydrogen (secondary N) is 1. The number of amides is 1. The van der Waals surface area contributed by atoms with E-state index in [9.17, 15) is 9.18 Å². The van der Waals surface area contributed by atoms with Crippen LogP contribution in [0.15, 0.2) is 42.5 Å². The van der Waals surface area contributed by atoms with Crippen LogP contribution in [0.4, 0.5) is 10.2 Å². The molecule has 2 aliphatic heterocycles. The molecule has 1 saturated heterocycles. The van der Waals surface area contributed by atoms with Gasteiger partial charge in [0.1, 0.15) is 5.82 Å². The Labute approximate surface area is 197 Å². The van der Waals surface area contributed by atoms with E-state index in [1.165, 1.54) is 29.5 Å². The van der Waals surface area contributed by atoms with E-state index in [2.05, 4.69) is 35.0 Å². The summed E-state index contributed by atoms with van der Waals surface area (Å²) in [5.41, 5.74) is 5.09. The Morgan fingerprint density at radius 1 is 1.24 bits per heavy atom. The molecular weight excluding hydrogens is 431 g/mol. The summed E-state index contributed by atoms with van der Waals surface area (Å²) in [6, 6.07) is 14.0. The van der Waals surface area contributed by atoms with Gasteiger partial charge in [0.25, 0.3) is 0 Å². The number of rotatable bonds is 4. The molecule has 6 rings (SSSR count). The molecule has 1 unspecified atom stereocenters. The normalized spacial score (nSPS) is 17.9. The van der Waals surface area contributed by atoms with E-state index in [0.717, 1.165) is 47.6 Å². The van der Waals surface area contributed by atoms with E-state index in [1.54, 1.807) is 13.0 Å². The van der Waals surface area contributed by atoms with Crippen molar-refractivity contribution in [2.75, 3.05) is 25.1 Å². The zero-order valence-corrected chi connectivity index (χ0v) is 19.6. The maximum Gasteiger partial charge on any atom is 0.219 e. The molecule has 0 radical (unpaired) electrons. The number of halogens is 1. The van der Waals surface area contributed by atoms with Crippen molar-refractivity contribution in [3.8, 4) is 5.75 Å². The fraction of sp³-hybridized carbons (Fsp3) is 0.333. The molecule has 7 heteroatoms. The molecule has 0 aliphatic carbocycles. The number of aromatic nitrogens is 2. The van der Waals surface area contributed by atoms with Gasteiger partial charge >= 0.3 is 0 Å². The number of H-pyrrole nitrogens is 1. The van der Waals surface area contributed by atoms with Crippen LogP contribution in [0.2, 0.25) is 0 Å². The third-order valence-corrected chi connectivity index (χ3v) is 7.31. The fourth-order valence-corrected chi connectivity index (χ4v) is 5.61. The molecule has 2 aliphatic rings. The van der Waals surface area contributed by atoms with E-state index in [1.807, 2.05) is 17.0 Å². The van der Waals surface area contributed by atoms with Gasteiger partial charge in [0.05, 0.1) is 24.4 Å². The summed E-state index contributed by atoms with van der Waals surface area (Å²) in [5, 5.41) is 2.40. The van der Waals surface area contributed by atoms with Crippen molar-refractivity contribution in [2.24, 2.45) is 0 Å². The number of carbonyl (C=O) groups is 1. The Morgan fingerprint density at radius 2 is 2.03 bits per heavy atom. The molecule has 0 saturated carbocycles. The van der Waals surface area contributed by atoms with Gasteiger partial charge in [-0.05, 0) is 37.1 Å². The fourth-order valence-electron chi connectivity index (χ4n) is 5.61. The number of methoxy groups -OCH3 is 1. The topological polar surface area (TPSA) is 61.5 Å². The van der Waals surface area contributed by atoms with Crippen LogP contribution in [-0.4, -0.2) is 53.1 Å². The molecule has 1 amide bonds. The van der Waals surface area contributed by atoms with Gasteiger partial charge < -0.3 is 19.5 Å². The van der Waals surface area contributed by atoms with Crippen molar-refractivity contribution in [1.29, 1.82) is 0 Å². The first-order valence-electron chi connectivity index (χ1n) is 11.7. The van der Waals surface area contributed by atoms with Gasteiger partial charge in [-0.15, -0.1) is 0 Å². The first-order chi connectivity index (χ1) is 16.4. The monoisotopic (exact) mass is 458 g/mol. The number of pyridine rings is 1. The minimum Gasteiger partial charge on any atom is -0.494 e. The third-order valence-electron chi connectivity index (χ3n) is 7.31. The molecule has 6 nitrogen and oxygen atoms in total. The van der Waals surface area contributed by atoms with Gasteiger partial charge in [-0.25, -0.2) is 9.37 Å². The van der Waals surface area contributed by atoms with Gasteiger partial charge in [-0.1, -0.05) is 24.3 Å². The number of carbonyl (C=O) groups excluding carboxylic acids is 1. The lowest BCUT2D eigenvalue weighted by atomic mass is 10.0. The molecule has 34 heavy (non-hydrogen) atoms. The lowest BCUT2D eigenvalue weighted by molar-refractivity contribution is -0.133. The first kappa shape index (κ1) is 21.0. The Kier molecular flexibility index (Phi) is 4.76. The zero-order valence-electron chi connectivity index (χ0n) is 19.6. The smallest absolute Gasteiger partial charge is 0.219 e. The van der Waals surface area contributed by atoms with E-state index < -0.39 is 0 Å². The highest BCUT2D eigenvalue weighted by atomic mass is 19.1. The molecular formula is C27H27FN4O2. The Bertz CT molecular complexity index is 1440. The minimum absolute atomic E-state index is 0.116. The molecule has 2 aromatic carbocycles. The summed E-state index contributed by atoms with van der Waals surface area (Å²) in [5.74, 6) is 0.983. The van der Waals surface area contributed by atoms with Crippen molar-refractivity contribution < 1.29 is 13.9 Å². The van der Waals surface area contributed by atoms with Crippen molar-refractivity contribution in [3.05, 3.63) is 65.1 Å². The SMILES string of the molecule is COc1ccc(Cc2nc3c(c4c2[nH]c2ccccc24)CC(C)N3C2CN(C(C)=O)C2)cc1F. The zero-order chi connectivity index (χ0) is 23.6. The van der Waals surface area contributed by atoms with Crippen LogP contribution in [0, 0.1) is 5.82 Å². The predicted molar refractivity (Wildman–Crippen MR) is 131 cm³/mol. The molecule has 0 bridgehead atoms. The minimum atomic E-state index is -0.372. The second kappa shape index (κ2) is 7.72. The standard InChI is InChI=1S/C27H27FN4O2/c1-15-10-20-25-19-6-4-5-7-22(19)29-26(25)23(12-17-8-9-24(34-3)21(28)11-17)30-27(20)32(15)18-13-31(14-18)16(2)33/h4-9,11,15,18,29H,10,12-14H2,1-3H3. The third kappa shape index (κ3) is 3.14. The Morgan fingerprint density at radius 3 is 2.76 bits per heavy atom. The number of benzene rings is 2. The highest BCUT2D eigenvalue weighted by Gasteiger charge is 2.41. The van der Waals surface area contributed by atoms with Crippen LogP contribution < -0.4 is 9.64 Å². The Hall–Kier alpha value is -3.61. The van der Waals surface area contributed by atoms with Crippen LogP contribution in [0.5, 0.6) is 5.75 Å². The van der Waals surface area contributed by atoms with E-state index in [0.29, 0.717) is 12.5 Å². The van der Waals surface area contributed by atoms with Gasteiger partial charge in [0, 0.05) is 54.3 Å². The molecule has 1 fully saturated rings. The van der Waals surface area contributed by atoms with Crippen LogP contribution >= 0.6 is 0 Å². The van der Waals surface area contributed by atoms with Crippen LogP contribution in [0.1, 0.15) is 30.7 Å². The highest BCUT2D eigenvalue weighted by molar-refractivity contribution is 6.11.